The normalized spacial score (nSPS) is 15.6. The molecule has 0 saturated heterocycles. The molecule has 1 rings (SSSR count). The van der Waals surface area contributed by atoms with Gasteiger partial charge < -0.3 is 9.84 Å². The summed E-state index contributed by atoms with van der Waals surface area (Å²) in [6.07, 6.45) is 3.67. The first-order chi connectivity index (χ1) is 5.75. The Hall–Kier alpha value is -1.00. The van der Waals surface area contributed by atoms with Crippen molar-refractivity contribution in [3.8, 4) is 0 Å². The number of rotatable bonds is 3. The summed E-state index contributed by atoms with van der Waals surface area (Å²) in [5.74, 6) is 0. The molecule has 12 heavy (non-hydrogen) atoms. The Bertz CT molecular complexity index is 228. The number of aliphatic hydroxyl groups excluding tert-OH is 1. The second-order valence-corrected chi connectivity index (χ2v) is 2.52. The van der Waals surface area contributed by atoms with E-state index in [1.54, 1.807) is 26.4 Å². The zero-order valence-corrected chi connectivity index (χ0v) is 7.14. The third kappa shape index (κ3) is 1.99. The average molecular weight is 168 g/mol. The van der Waals surface area contributed by atoms with Crippen molar-refractivity contribution in [2.24, 2.45) is 0 Å². The second-order valence-electron chi connectivity index (χ2n) is 2.52. The van der Waals surface area contributed by atoms with Gasteiger partial charge in [-0.3, -0.25) is 9.97 Å². The molecule has 0 radical (unpaired) electrons. The largest absolute Gasteiger partial charge is 0.384 e. The first kappa shape index (κ1) is 9.09. The molecular weight excluding hydrogens is 156 g/mol. The van der Waals surface area contributed by atoms with Crippen LogP contribution in [0.1, 0.15) is 18.7 Å². The van der Waals surface area contributed by atoms with E-state index in [1.165, 1.54) is 6.20 Å². The van der Waals surface area contributed by atoms with Gasteiger partial charge in [-0.15, -0.1) is 0 Å². The second kappa shape index (κ2) is 4.13. The van der Waals surface area contributed by atoms with Gasteiger partial charge >= 0.3 is 0 Å². The minimum atomic E-state index is -0.705. The number of ether oxygens (including phenoxy) is 1. The van der Waals surface area contributed by atoms with Gasteiger partial charge in [-0.1, -0.05) is 0 Å². The van der Waals surface area contributed by atoms with E-state index in [0.717, 1.165) is 0 Å². The van der Waals surface area contributed by atoms with E-state index >= 15 is 0 Å². The van der Waals surface area contributed by atoms with Crippen molar-refractivity contribution in [1.29, 1.82) is 0 Å². The van der Waals surface area contributed by atoms with E-state index in [9.17, 15) is 5.11 Å². The maximum absolute atomic E-state index is 9.56. The van der Waals surface area contributed by atoms with Crippen LogP contribution in [0.15, 0.2) is 18.6 Å². The molecule has 0 aromatic carbocycles. The van der Waals surface area contributed by atoms with Gasteiger partial charge in [0.05, 0.1) is 18.0 Å². The topological polar surface area (TPSA) is 55.2 Å². The average Bonchev–Trinajstić information content (AvgIpc) is 2.17. The Kier molecular flexibility index (Phi) is 3.13. The maximum Gasteiger partial charge on any atom is 0.123 e. The molecule has 1 aromatic heterocycles. The van der Waals surface area contributed by atoms with Crippen LogP contribution in [-0.2, 0) is 4.74 Å². The first-order valence-electron chi connectivity index (χ1n) is 3.72. The van der Waals surface area contributed by atoms with Crippen LogP contribution in [0.2, 0.25) is 0 Å². The van der Waals surface area contributed by atoms with Crippen molar-refractivity contribution >= 4 is 0 Å². The fraction of sp³-hybridized carbons (Fsp3) is 0.500. The van der Waals surface area contributed by atoms with E-state index in [4.69, 9.17) is 4.74 Å². The van der Waals surface area contributed by atoms with Gasteiger partial charge in [0, 0.05) is 19.5 Å². The lowest BCUT2D eigenvalue weighted by atomic mass is 10.2. The lowest BCUT2D eigenvalue weighted by Gasteiger charge is -2.15. The van der Waals surface area contributed by atoms with Crippen molar-refractivity contribution in [3.63, 3.8) is 0 Å². The van der Waals surface area contributed by atoms with Crippen molar-refractivity contribution in [2.45, 2.75) is 19.1 Å². The van der Waals surface area contributed by atoms with Crippen LogP contribution in [-0.4, -0.2) is 28.3 Å². The van der Waals surface area contributed by atoms with Gasteiger partial charge in [0.25, 0.3) is 0 Å². The Labute approximate surface area is 71.2 Å². The van der Waals surface area contributed by atoms with Crippen molar-refractivity contribution in [1.82, 2.24) is 9.97 Å². The molecule has 2 unspecified atom stereocenters. The molecule has 0 bridgehead atoms. The summed E-state index contributed by atoms with van der Waals surface area (Å²) in [7, 11) is 1.55. The summed E-state index contributed by atoms with van der Waals surface area (Å²) in [6.45, 7) is 1.78. The summed E-state index contributed by atoms with van der Waals surface area (Å²) in [4.78, 5) is 7.80. The molecule has 0 saturated carbocycles. The fourth-order valence-electron chi connectivity index (χ4n) is 0.833. The van der Waals surface area contributed by atoms with E-state index in [1.807, 2.05) is 0 Å². The van der Waals surface area contributed by atoms with Crippen LogP contribution >= 0.6 is 0 Å². The predicted octanol–water partition coefficient (Wildman–Crippen LogP) is 0.545. The molecule has 1 N–H and O–H groups in total. The summed E-state index contributed by atoms with van der Waals surface area (Å²) in [6, 6.07) is 0. The highest BCUT2D eigenvalue weighted by Gasteiger charge is 2.16. The van der Waals surface area contributed by atoms with Crippen LogP contribution in [0.25, 0.3) is 0 Å². The Morgan fingerprint density at radius 1 is 1.50 bits per heavy atom. The summed E-state index contributed by atoms with van der Waals surface area (Å²) in [5.41, 5.74) is 0.534. The number of hydrogen-bond donors (Lipinski definition) is 1. The molecule has 0 aliphatic heterocycles. The molecule has 1 heterocycles. The smallest absolute Gasteiger partial charge is 0.123 e. The van der Waals surface area contributed by atoms with E-state index in [2.05, 4.69) is 9.97 Å². The SMILES string of the molecule is COC(C)C(O)c1cnccn1. The molecule has 1 aromatic rings. The standard InChI is InChI=1S/C8H12N2O2/c1-6(12-2)8(11)7-5-9-3-4-10-7/h3-6,8,11H,1-2H3. The molecule has 2 atom stereocenters. The van der Waals surface area contributed by atoms with E-state index < -0.39 is 6.10 Å². The van der Waals surface area contributed by atoms with E-state index in [0.29, 0.717) is 5.69 Å². The minimum Gasteiger partial charge on any atom is -0.384 e. The van der Waals surface area contributed by atoms with Crippen molar-refractivity contribution in [3.05, 3.63) is 24.3 Å². The Morgan fingerprint density at radius 2 is 2.25 bits per heavy atom. The number of aromatic nitrogens is 2. The number of hydrogen-bond acceptors (Lipinski definition) is 4. The molecule has 0 aliphatic rings. The van der Waals surface area contributed by atoms with Crippen LogP contribution in [0.5, 0.6) is 0 Å². The van der Waals surface area contributed by atoms with Crippen molar-refractivity contribution < 1.29 is 9.84 Å². The highest BCUT2D eigenvalue weighted by atomic mass is 16.5. The third-order valence-electron chi connectivity index (χ3n) is 1.70. The molecule has 0 aliphatic carbocycles. The van der Waals surface area contributed by atoms with Crippen LogP contribution < -0.4 is 0 Å². The highest BCUT2D eigenvalue weighted by molar-refractivity contribution is 5.00. The van der Waals surface area contributed by atoms with Gasteiger partial charge in [0.2, 0.25) is 0 Å². The Morgan fingerprint density at radius 3 is 2.75 bits per heavy atom. The summed E-state index contributed by atoms with van der Waals surface area (Å²) < 4.78 is 4.95. The molecule has 66 valence electrons. The monoisotopic (exact) mass is 168 g/mol. The van der Waals surface area contributed by atoms with Crippen molar-refractivity contribution in [2.75, 3.05) is 7.11 Å². The molecular formula is C8H12N2O2. The first-order valence-corrected chi connectivity index (χ1v) is 3.72. The molecule has 0 amide bonds. The third-order valence-corrected chi connectivity index (χ3v) is 1.70. The van der Waals surface area contributed by atoms with Crippen LogP contribution in [0.3, 0.4) is 0 Å². The van der Waals surface area contributed by atoms with Gasteiger partial charge in [-0.2, -0.15) is 0 Å². The van der Waals surface area contributed by atoms with Gasteiger partial charge in [-0.05, 0) is 6.92 Å². The maximum atomic E-state index is 9.56. The predicted molar refractivity (Wildman–Crippen MR) is 43.5 cm³/mol. The zero-order chi connectivity index (χ0) is 8.97. The minimum absolute atomic E-state index is 0.262. The Balaban J connectivity index is 2.71. The number of methoxy groups -OCH3 is 1. The van der Waals surface area contributed by atoms with Crippen LogP contribution in [0.4, 0.5) is 0 Å². The van der Waals surface area contributed by atoms with Gasteiger partial charge in [-0.25, -0.2) is 0 Å². The quantitative estimate of drug-likeness (QED) is 0.715. The van der Waals surface area contributed by atoms with E-state index in [-0.39, 0.29) is 6.10 Å². The summed E-state index contributed by atoms with van der Waals surface area (Å²) in [5, 5.41) is 9.56. The lowest BCUT2D eigenvalue weighted by molar-refractivity contribution is -0.00378. The van der Waals surface area contributed by atoms with Crippen LogP contribution in [0, 0.1) is 0 Å². The number of aliphatic hydroxyl groups is 1. The summed E-state index contributed by atoms with van der Waals surface area (Å²) >= 11 is 0. The van der Waals surface area contributed by atoms with Gasteiger partial charge in [0.1, 0.15) is 6.10 Å². The molecule has 0 fully saturated rings. The lowest BCUT2D eigenvalue weighted by Crippen LogP contribution is -2.17. The fourth-order valence-corrected chi connectivity index (χ4v) is 0.833. The molecule has 4 heteroatoms. The molecule has 0 spiro atoms. The number of nitrogens with zero attached hydrogens (tertiary/aromatic N) is 2. The zero-order valence-electron chi connectivity index (χ0n) is 7.14. The highest BCUT2D eigenvalue weighted by Crippen LogP contribution is 2.14. The molecule has 4 nitrogen and oxygen atoms in total. The van der Waals surface area contributed by atoms with Gasteiger partial charge in [0.15, 0.2) is 0 Å².